The molecule has 1 aliphatic rings. The van der Waals surface area contributed by atoms with Crippen LogP contribution in [0.2, 0.25) is 0 Å². The molecule has 1 heterocycles. The standard InChI is InChI=1S/C22H16FNO2S/c1-14-9-10-20-19(11-14)21(18-8-3-2-5-16(18)13-27-20)24-26-22(25)15-6-4-7-17(23)12-15/h2-12H,13H2,1H3/b24-21+. The molecule has 0 saturated heterocycles. The average molecular weight is 377 g/mol. The van der Waals surface area contributed by atoms with Crippen LogP contribution in [0.3, 0.4) is 0 Å². The number of hydrogen-bond donors (Lipinski definition) is 0. The van der Waals surface area contributed by atoms with Gasteiger partial charge >= 0.3 is 5.97 Å². The number of carbonyl (C=O) groups is 1. The van der Waals surface area contributed by atoms with Crippen molar-refractivity contribution in [2.24, 2.45) is 5.16 Å². The molecule has 1 aliphatic heterocycles. The number of thioether (sulfide) groups is 1. The first-order chi connectivity index (χ1) is 13.1. The van der Waals surface area contributed by atoms with Crippen LogP contribution in [-0.4, -0.2) is 11.7 Å². The molecule has 3 aromatic rings. The van der Waals surface area contributed by atoms with Crippen molar-refractivity contribution in [3.8, 4) is 0 Å². The molecule has 5 heteroatoms. The number of oxime groups is 1. The predicted molar refractivity (Wildman–Crippen MR) is 105 cm³/mol. The minimum atomic E-state index is -0.689. The molecule has 3 nitrogen and oxygen atoms in total. The summed E-state index contributed by atoms with van der Waals surface area (Å²) in [5, 5.41) is 4.20. The molecule has 3 aromatic carbocycles. The lowest BCUT2D eigenvalue weighted by Crippen LogP contribution is -2.09. The first-order valence-electron chi connectivity index (χ1n) is 8.49. The van der Waals surface area contributed by atoms with Crippen LogP contribution in [0.4, 0.5) is 4.39 Å². The van der Waals surface area contributed by atoms with E-state index in [0.29, 0.717) is 5.71 Å². The Hall–Kier alpha value is -2.92. The lowest BCUT2D eigenvalue weighted by Gasteiger charge is -2.10. The van der Waals surface area contributed by atoms with E-state index in [-0.39, 0.29) is 5.56 Å². The van der Waals surface area contributed by atoms with Gasteiger partial charge in [-0.15, -0.1) is 11.8 Å². The normalized spacial score (nSPS) is 14.2. The second-order valence-corrected chi connectivity index (χ2v) is 7.29. The largest absolute Gasteiger partial charge is 0.365 e. The number of fused-ring (bicyclic) bond motifs is 2. The zero-order valence-corrected chi connectivity index (χ0v) is 15.4. The molecule has 0 spiro atoms. The van der Waals surface area contributed by atoms with Gasteiger partial charge in [0.1, 0.15) is 11.5 Å². The summed E-state index contributed by atoms with van der Waals surface area (Å²) in [6.45, 7) is 2.01. The van der Waals surface area contributed by atoms with Gasteiger partial charge in [0.25, 0.3) is 0 Å². The van der Waals surface area contributed by atoms with Crippen molar-refractivity contribution in [3.63, 3.8) is 0 Å². The Morgan fingerprint density at radius 1 is 1.04 bits per heavy atom. The highest BCUT2D eigenvalue weighted by Gasteiger charge is 2.21. The molecule has 27 heavy (non-hydrogen) atoms. The van der Waals surface area contributed by atoms with Crippen LogP contribution in [0.25, 0.3) is 0 Å². The van der Waals surface area contributed by atoms with Gasteiger partial charge in [-0.3, -0.25) is 0 Å². The lowest BCUT2D eigenvalue weighted by molar-refractivity contribution is 0.0516. The first-order valence-corrected chi connectivity index (χ1v) is 9.47. The Morgan fingerprint density at radius 3 is 2.74 bits per heavy atom. The van der Waals surface area contributed by atoms with Crippen LogP contribution in [-0.2, 0) is 10.6 Å². The van der Waals surface area contributed by atoms with Gasteiger partial charge in [0.05, 0.1) is 5.56 Å². The van der Waals surface area contributed by atoms with Crippen molar-refractivity contribution in [1.82, 2.24) is 0 Å². The second kappa shape index (κ2) is 7.37. The molecule has 0 aromatic heterocycles. The number of aryl methyl sites for hydroxylation is 1. The zero-order valence-electron chi connectivity index (χ0n) is 14.6. The van der Waals surface area contributed by atoms with Gasteiger partial charge < -0.3 is 4.84 Å². The molecular weight excluding hydrogens is 361 g/mol. The monoisotopic (exact) mass is 377 g/mol. The van der Waals surface area contributed by atoms with Gasteiger partial charge in [-0.2, -0.15) is 0 Å². The van der Waals surface area contributed by atoms with Crippen LogP contribution >= 0.6 is 11.8 Å². The number of nitrogens with zero attached hydrogens (tertiary/aromatic N) is 1. The van der Waals surface area contributed by atoms with Gasteiger partial charge in [0.2, 0.25) is 0 Å². The fraction of sp³-hybridized carbons (Fsp3) is 0.0909. The molecule has 0 amide bonds. The molecule has 0 unspecified atom stereocenters. The Balaban J connectivity index is 1.77. The highest BCUT2D eigenvalue weighted by molar-refractivity contribution is 7.98. The fourth-order valence-electron chi connectivity index (χ4n) is 2.99. The summed E-state index contributed by atoms with van der Waals surface area (Å²) in [6, 6.07) is 19.5. The van der Waals surface area contributed by atoms with Gasteiger partial charge in [-0.25, -0.2) is 9.18 Å². The zero-order chi connectivity index (χ0) is 18.8. The van der Waals surface area contributed by atoms with Crippen molar-refractivity contribution in [2.45, 2.75) is 17.6 Å². The van der Waals surface area contributed by atoms with Gasteiger partial charge in [0.15, 0.2) is 0 Å². The molecule has 0 aliphatic carbocycles. The van der Waals surface area contributed by atoms with E-state index in [1.54, 1.807) is 11.8 Å². The Bertz CT molecular complexity index is 1060. The van der Waals surface area contributed by atoms with Crippen LogP contribution in [0.15, 0.2) is 76.8 Å². The summed E-state index contributed by atoms with van der Waals surface area (Å²) in [7, 11) is 0. The van der Waals surface area contributed by atoms with E-state index in [0.717, 1.165) is 39.0 Å². The van der Waals surface area contributed by atoms with Crippen molar-refractivity contribution in [1.29, 1.82) is 0 Å². The molecule has 0 N–H and O–H groups in total. The lowest BCUT2D eigenvalue weighted by atomic mass is 9.97. The van der Waals surface area contributed by atoms with Crippen molar-refractivity contribution < 1.29 is 14.0 Å². The third-order valence-electron chi connectivity index (χ3n) is 4.33. The summed E-state index contributed by atoms with van der Waals surface area (Å²) in [5.74, 6) is -0.372. The van der Waals surface area contributed by atoms with E-state index < -0.39 is 11.8 Å². The average Bonchev–Trinajstić information content (AvgIpc) is 2.82. The maximum atomic E-state index is 13.4. The van der Waals surface area contributed by atoms with Crippen molar-refractivity contribution in [3.05, 3.63) is 100 Å². The Kier molecular flexibility index (Phi) is 4.77. The molecule has 134 valence electrons. The van der Waals surface area contributed by atoms with E-state index in [9.17, 15) is 9.18 Å². The molecule has 0 fully saturated rings. The summed E-state index contributed by atoms with van der Waals surface area (Å²) >= 11 is 1.73. The minimum absolute atomic E-state index is 0.125. The van der Waals surface area contributed by atoms with Gasteiger partial charge in [0, 0.05) is 21.8 Å². The molecule has 0 saturated carbocycles. The number of rotatable bonds is 2. The number of hydrogen-bond acceptors (Lipinski definition) is 4. The number of carbonyl (C=O) groups excluding carboxylic acids is 1. The third-order valence-corrected chi connectivity index (χ3v) is 5.45. The fourth-order valence-corrected chi connectivity index (χ4v) is 4.02. The van der Waals surface area contributed by atoms with Crippen molar-refractivity contribution in [2.75, 3.05) is 0 Å². The minimum Gasteiger partial charge on any atom is -0.312 e. The molecular formula is C22H16FNO2S. The van der Waals surface area contributed by atoms with Crippen LogP contribution in [0.5, 0.6) is 0 Å². The maximum absolute atomic E-state index is 13.4. The summed E-state index contributed by atoms with van der Waals surface area (Å²) in [5.41, 5.74) is 4.81. The van der Waals surface area contributed by atoms with Crippen LogP contribution < -0.4 is 0 Å². The Labute approximate surface area is 160 Å². The summed E-state index contributed by atoms with van der Waals surface area (Å²) in [4.78, 5) is 18.6. The Morgan fingerprint density at radius 2 is 1.89 bits per heavy atom. The third kappa shape index (κ3) is 3.64. The number of benzene rings is 3. The first kappa shape index (κ1) is 17.5. The summed E-state index contributed by atoms with van der Waals surface area (Å²) < 4.78 is 13.4. The smallest absolute Gasteiger partial charge is 0.312 e. The van der Waals surface area contributed by atoms with Crippen molar-refractivity contribution >= 4 is 23.4 Å². The second-order valence-electron chi connectivity index (χ2n) is 6.27. The topological polar surface area (TPSA) is 38.7 Å². The molecule has 0 radical (unpaired) electrons. The molecule has 0 bridgehead atoms. The van der Waals surface area contributed by atoms with Gasteiger partial charge in [-0.05, 0) is 42.8 Å². The van der Waals surface area contributed by atoms with E-state index in [2.05, 4.69) is 17.3 Å². The van der Waals surface area contributed by atoms with Gasteiger partial charge in [-0.1, -0.05) is 47.1 Å². The SMILES string of the molecule is Cc1ccc2c(c1)/C(=N/OC(=O)c1cccc(F)c1)c1ccccc1CS2. The highest BCUT2D eigenvalue weighted by Crippen LogP contribution is 2.34. The number of halogens is 1. The van der Waals surface area contributed by atoms with E-state index in [1.807, 2.05) is 37.3 Å². The quantitative estimate of drug-likeness (QED) is 0.446. The predicted octanol–water partition coefficient (Wildman–Crippen LogP) is 5.35. The molecule has 4 rings (SSSR count). The highest BCUT2D eigenvalue weighted by atomic mass is 32.2. The van der Waals surface area contributed by atoms with Crippen LogP contribution in [0, 0.1) is 12.7 Å². The van der Waals surface area contributed by atoms with E-state index in [4.69, 9.17) is 4.84 Å². The summed E-state index contributed by atoms with van der Waals surface area (Å²) in [6.07, 6.45) is 0. The molecule has 0 atom stereocenters. The van der Waals surface area contributed by atoms with Crippen LogP contribution in [0.1, 0.15) is 32.6 Å². The van der Waals surface area contributed by atoms with E-state index in [1.165, 1.54) is 18.2 Å². The maximum Gasteiger partial charge on any atom is 0.365 e. The van der Waals surface area contributed by atoms with E-state index >= 15 is 0 Å².